The van der Waals surface area contributed by atoms with Crippen LogP contribution >= 0.6 is 23.1 Å². The quantitative estimate of drug-likeness (QED) is 0.630. The first-order valence-corrected chi connectivity index (χ1v) is 9.89. The van der Waals surface area contributed by atoms with Crippen LogP contribution in [0.5, 0.6) is 0 Å². The maximum atomic E-state index is 12.2. The van der Waals surface area contributed by atoms with Gasteiger partial charge in [-0.3, -0.25) is 9.59 Å². The van der Waals surface area contributed by atoms with Gasteiger partial charge in [0, 0.05) is 18.3 Å². The second-order valence-corrected chi connectivity index (χ2v) is 8.23. The summed E-state index contributed by atoms with van der Waals surface area (Å²) in [6, 6.07) is 11.5. The molecule has 0 saturated heterocycles. The Bertz CT molecular complexity index is 982. The van der Waals surface area contributed by atoms with E-state index in [0.29, 0.717) is 5.75 Å². The van der Waals surface area contributed by atoms with Crippen LogP contribution in [0.4, 0.5) is 11.4 Å². The Balaban J connectivity index is 1.62. The molecule has 0 spiro atoms. The molecular weight excluding hydrogens is 366 g/mol. The third-order valence-corrected chi connectivity index (χ3v) is 5.97. The fourth-order valence-corrected chi connectivity index (χ4v) is 4.30. The van der Waals surface area contributed by atoms with Gasteiger partial charge < -0.3 is 10.6 Å². The third kappa shape index (κ3) is 4.62. The minimum Gasteiger partial charge on any atom is -0.326 e. The number of carbonyl (C=O) groups is 2. The van der Waals surface area contributed by atoms with Crippen LogP contribution in [0.1, 0.15) is 18.1 Å². The van der Waals surface area contributed by atoms with Crippen molar-refractivity contribution in [3.05, 3.63) is 47.5 Å². The number of amides is 2. The van der Waals surface area contributed by atoms with Gasteiger partial charge in [0.25, 0.3) is 0 Å². The summed E-state index contributed by atoms with van der Waals surface area (Å²) in [5.41, 5.74) is 4.77. The second kappa shape index (κ2) is 7.88. The van der Waals surface area contributed by atoms with Crippen molar-refractivity contribution < 1.29 is 9.59 Å². The lowest BCUT2D eigenvalue weighted by molar-refractivity contribution is -0.114. The molecule has 2 amide bonds. The van der Waals surface area contributed by atoms with Gasteiger partial charge in [-0.2, -0.15) is 0 Å². The van der Waals surface area contributed by atoms with E-state index in [0.717, 1.165) is 31.5 Å². The zero-order valence-electron chi connectivity index (χ0n) is 14.8. The maximum absolute atomic E-state index is 12.2. The predicted octanol–water partition coefficient (Wildman–Crippen LogP) is 4.60. The number of nitrogens with zero attached hydrogens (tertiary/aromatic N) is 1. The lowest BCUT2D eigenvalue weighted by Gasteiger charge is -2.06. The van der Waals surface area contributed by atoms with Crippen molar-refractivity contribution in [3.63, 3.8) is 0 Å². The SMILES string of the molecule is CC(=O)Nc1ccc2nc(SCC(=O)Nc3ccc(C)c(C)c3)sc2c1. The first-order valence-electron chi connectivity index (χ1n) is 8.09. The monoisotopic (exact) mass is 385 g/mol. The van der Waals surface area contributed by atoms with Crippen LogP contribution in [0.2, 0.25) is 0 Å². The van der Waals surface area contributed by atoms with Gasteiger partial charge in [0.15, 0.2) is 4.34 Å². The van der Waals surface area contributed by atoms with Crippen LogP contribution in [0.3, 0.4) is 0 Å². The second-order valence-electron chi connectivity index (χ2n) is 5.98. The van der Waals surface area contributed by atoms with Crippen molar-refractivity contribution >= 4 is 56.5 Å². The molecule has 0 unspecified atom stereocenters. The summed E-state index contributed by atoms with van der Waals surface area (Å²) < 4.78 is 1.81. The molecule has 134 valence electrons. The molecule has 0 aliphatic carbocycles. The number of aromatic nitrogens is 1. The maximum Gasteiger partial charge on any atom is 0.234 e. The summed E-state index contributed by atoms with van der Waals surface area (Å²) in [4.78, 5) is 27.8. The molecule has 0 aliphatic heterocycles. The summed E-state index contributed by atoms with van der Waals surface area (Å²) in [7, 11) is 0. The summed E-state index contributed by atoms with van der Waals surface area (Å²) >= 11 is 2.92. The summed E-state index contributed by atoms with van der Waals surface area (Å²) in [5.74, 6) is 0.133. The van der Waals surface area contributed by atoms with E-state index >= 15 is 0 Å². The van der Waals surface area contributed by atoms with Crippen LogP contribution in [-0.4, -0.2) is 22.6 Å². The molecule has 0 atom stereocenters. The number of hydrogen-bond donors (Lipinski definition) is 2. The van der Waals surface area contributed by atoms with Gasteiger partial charge in [0.2, 0.25) is 11.8 Å². The van der Waals surface area contributed by atoms with Crippen LogP contribution in [0, 0.1) is 13.8 Å². The Morgan fingerprint density at radius 2 is 1.77 bits per heavy atom. The average Bonchev–Trinajstić information content (AvgIpc) is 2.98. The van der Waals surface area contributed by atoms with E-state index in [1.165, 1.54) is 35.6 Å². The number of anilines is 2. The molecule has 3 aromatic rings. The Hall–Kier alpha value is -2.38. The number of carbonyl (C=O) groups excluding carboxylic acids is 2. The first kappa shape index (κ1) is 18.4. The van der Waals surface area contributed by atoms with E-state index in [1.807, 2.05) is 50.2 Å². The highest BCUT2D eigenvalue weighted by molar-refractivity contribution is 8.01. The van der Waals surface area contributed by atoms with Crippen LogP contribution in [0.15, 0.2) is 40.7 Å². The molecule has 0 aliphatic rings. The van der Waals surface area contributed by atoms with Gasteiger partial charge in [-0.1, -0.05) is 17.8 Å². The smallest absolute Gasteiger partial charge is 0.234 e. The van der Waals surface area contributed by atoms with Crippen molar-refractivity contribution in [1.29, 1.82) is 0 Å². The van der Waals surface area contributed by atoms with E-state index in [2.05, 4.69) is 15.6 Å². The van der Waals surface area contributed by atoms with E-state index in [-0.39, 0.29) is 11.8 Å². The number of thiazole rings is 1. The molecule has 3 rings (SSSR count). The fourth-order valence-electron chi connectivity index (χ4n) is 2.39. The van der Waals surface area contributed by atoms with Crippen LogP contribution in [0.25, 0.3) is 10.2 Å². The molecule has 1 aromatic heterocycles. The Morgan fingerprint density at radius 1 is 1.04 bits per heavy atom. The average molecular weight is 386 g/mol. The third-order valence-electron chi connectivity index (χ3n) is 3.81. The molecule has 2 aromatic carbocycles. The Morgan fingerprint density at radius 3 is 2.50 bits per heavy atom. The first-order chi connectivity index (χ1) is 12.4. The van der Waals surface area contributed by atoms with Gasteiger partial charge >= 0.3 is 0 Å². The highest BCUT2D eigenvalue weighted by Crippen LogP contribution is 2.31. The number of aryl methyl sites for hydroxylation is 2. The number of hydrogen-bond acceptors (Lipinski definition) is 5. The number of benzene rings is 2. The lowest BCUT2D eigenvalue weighted by atomic mass is 10.1. The van der Waals surface area contributed by atoms with Gasteiger partial charge in [0.05, 0.1) is 16.0 Å². The van der Waals surface area contributed by atoms with Crippen LogP contribution in [-0.2, 0) is 9.59 Å². The minimum absolute atomic E-state index is 0.0588. The molecule has 2 N–H and O–H groups in total. The zero-order chi connectivity index (χ0) is 18.7. The number of thioether (sulfide) groups is 1. The molecule has 0 saturated carbocycles. The highest BCUT2D eigenvalue weighted by Gasteiger charge is 2.09. The molecule has 0 radical (unpaired) electrons. The fraction of sp³-hybridized carbons (Fsp3) is 0.211. The predicted molar refractivity (Wildman–Crippen MR) is 109 cm³/mol. The summed E-state index contributed by atoms with van der Waals surface area (Å²) in [6.45, 7) is 5.55. The van der Waals surface area contributed by atoms with Crippen molar-refractivity contribution in [2.45, 2.75) is 25.1 Å². The van der Waals surface area contributed by atoms with Gasteiger partial charge in [-0.15, -0.1) is 11.3 Å². The van der Waals surface area contributed by atoms with Crippen molar-refractivity contribution in [2.75, 3.05) is 16.4 Å². The van der Waals surface area contributed by atoms with E-state index < -0.39 is 0 Å². The summed E-state index contributed by atoms with van der Waals surface area (Å²) in [6.07, 6.45) is 0. The minimum atomic E-state index is -0.105. The molecular formula is C19H19N3O2S2. The largest absolute Gasteiger partial charge is 0.326 e. The van der Waals surface area contributed by atoms with E-state index in [9.17, 15) is 9.59 Å². The molecule has 26 heavy (non-hydrogen) atoms. The van der Waals surface area contributed by atoms with E-state index in [4.69, 9.17) is 0 Å². The van der Waals surface area contributed by atoms with Crippen molar-refractivity contribution in [2.24, 2.45) is 0 Å². The number of nitrogens with one attached hydrogen (secondary N) is 2. The molecule has 0 bridgehead atoms. The topological polar surface area (TPSA) is 71.1 Å². The normalized spacial score (nSPS) is 10.7. The standard InChI is InChI=1S/C19H19N3O2S2/c1-11-4-5-14(8-12(11)2)21-18(24)10-25-19-22-16-7-6-15(20-13(3)23)9-17(16)26-19/h4-9H,10H2,1-3H3,(H,20,23)(H,21,24). The molecule has 1 heterocycles. The lowest BCUT2D eigenvalue weighted by Crippen LogP contribution is -2.14. The van der Waals surface area contributed by atoms with Crippen LogP contribution < -0.4 is 10.6 Å². The van der Waals surface area contributed by atoms with Crippen molar-refractivity contribution in [1.82, 2.24) is 4.98 Å². The molecule has 0 fully saturated rings. The Labute approximate surface area is 160 Å². The van der Waals surface area contributed by atoms with Gasteiger partial charge in [0.1, 0.15) is 0 Å². The van der Waals surface area contributed by atoms with Gasteiger partial charge in [-0.05, 0) is 55.3 Å². The number of rotatable bonds is 5. The summed E-state index contributed by atoms with van der Waals surface area (Å²) in [5, 5.41) is 5.68. The highest BCUT2D eigenvalue weighted by atomic mass is 32.2. The zero-order valence-corrected chi connectivity index (χ0v) is 16.4. The van der Waals surface area contributed by atoms with Crippen molar-refractivity contribution in [3.8, 4) is 0 Å². The Kier molecular flexibility index (Phi) is 5.58. The van der Waals surface area contributed by atoms with Gasteiger partial charge in [-0.25, -0.2) is 4.98 Å². The molecule has 7 heteroatoms. The molecule has 5 nitrogen and oxygen atoms in total. The van der Waals surface area contributed by atoms with E-state index in [1.54, 1.807) is 0 Å². The number of fused-ring (bicyclic) bond motifs is 1.